The van der Waals surface area contributed by atoms with Crippen LogP contribution in [0.3, 0.4) is 0 Å². The first-order valence-corrected chi connectivity index (χ1v) is 9.95. The van der Waals surface area contributed by atoms with Gasteiger partial charge in [-0.15, -0.1) is 0 Å². The molecule has 0 atom stereocenters. The third-order valence-corrected chi connectivity index (χ3v) is 6.20. The molecule has 0 N–H and O–H groups in total. The van der Waals surface area contributed by atoms with Crippen LogP contribution in [-0.2, 0) is 11.5 Å². The third kappa shape index (κ3) is 4.74. The van der Waals surface area contributed by atoms with Crippen LogP contribution in [0.4, 0.5) is 13.2 Å². The third-order valence-electron chi connectivity index (χ3n) is 3.93. The van der Waals surface area contributed by atoms with Gasteiger partial charge in [0.05, 0.1) is 0 Å². The molecule has 25 heavy (non-hydrogen) atoms. The summed E-state index contributed by atoms with van der Waals surface area (Å²) in [5.74, 6) is 0. The Morgan fingerprint density at radius 1 is 0.720 bits per heavy atom. The van der Waals surface area contributed by atoms with Crippen LogP contribution in [0.1, 0.15) is 16.7 Å². The molecule has 0 nitrogen and oxygen atoms in total. The van der Waals surface area contributed by atoms with Gasteiger partial charge in [0, 0.05) is 0 Å². The van der Waals surface area contributed by atoms with Gasteiger partial charge in [0.15, 0.2) is 0 Å². The van der Waals surface area contributed by atoms with Gasteiger partial charge in [0.25, 0.3) is 0 Å². The number of hydrogen-bond acceptors (Lipinski definition) is 0. The second kappa shape index (κ2) is 7.47. The van der Waals surface area contributed by atoms with Crippen molar-refractivity contribution < 1.29 is 13.2 Å². The molecule has 3 rings (SSSR count). The van der Waals surface area contributed by atoms with Gasteiger partial charge in [-0.25, -0.2) is 0 Å². The first kappa shape index (κ1) is 17.8. The maximum atomic E-state index is 12.6. The van der Waals surface area contributed by atoms with E-state index in [-0.39, 0.29) is 0 Å². The first-order valence-electron chi connectivity index (χ1n) is 7.88. The van der Waals surface area contributed by atoms with Gasteiger partial charge in [-0.1, -0.05) is 0 Å². The second-order valence-corrected chi connectivity index (χ2v) is 8.07. The van der Waals surface area contributed by atoms with Crippen molar-refractivity contribution in [1.82, 2.24) is 0 Å². The molecule has 0 saturated heterocycles. The topological polar surface area (TPSA) is 0 Å². The van der Waals surface area contributed by atoms with Gasteiger partial charge in [-0.2, -0.15) is 0 Å². The molecule has 128 valence electrons. The Morgan fingerprint density at radius 2 is 1.24 bits per heavy atom. The van der Waals surface area contributed by atoms with E-state index in [1.807, 2.05) is 12.1 Å². The van der Waals surface area contributed by atoms with Crippen LogP contribution >= 0.6 is 0 Å². The maximum absolute atomic E-state index is 12.6. The number of aryl methyl sites for hydroxylation is 1. The van der Waals surface area contributed by atoms with E-state index in [4.69, 9.17) is 0 Å². The van der Waals surface area contributed by atoms with Crippen LogP contribution in [-0.4, -0.2) is 15.0 Å². The minimum atomic E-state index is -4.29. The van der Waals surface area contributed by atoms with Crippen molar-refractivity contribution in [1.29, 1.82) is 0 Å². The van der Waals surface area contributed by atoms with Gasteiger partial charge in [-0.3, -0.25) is 0 Å². The van der Waals surface area contributed by atoms with E-state index in [1.165, 1.54) is 27.7 Å². The molecule has 0 radical (unpaired) electrons. The fraction of sp³-hybridized carbons (Fsp3) is 0.143. The Hall–Kier alpha value is -2.03. The van der Waals surface area contributed by atoms with E-state index in [2.05, 4.69) is 43.3 Å². The van der Waals surface area contributed by atoms with Crippen molar-refractivity contribution in [2.45, 2.75) is 18.4 Å². The van der Waals surface area contributed by atoms with Gasteiger partial charge >= 0.3 is 152 Å². The summed E-state index contributed by atoms with van der Waals surface area (Å²) in [6.45, 7) is 2.08. The number of benzene rings is 3. The predicted octanol–water partition coefficient (Wildman–Crippen LogP) is 5.21. The molecule has 4 heteroatoms. The predicted molar refractivity (Wildman–Crippen MR) is 97.2 cm³/mol. The number of alkyl halides is 3. The second-order valence-electron chi connectivity index (χ2n) is 5.87. The summed E-state index contributed by atoms with van der Waals surface area (Å²) in [5, 5.41) is 1.03. The fourth-order valence-corrected chi connectivity index (χ4v) is 4.24. The van der Waals surface area contributed by atoms with Gasteiger partial charge in [0.2, 0.25) is 0 Å². The normalized spacial score (nSPS) is 11.5. The van der Waals surface area contributed by atoms with Crippen LogP contribution < -0.4 is 4.46 Å². The first-order chi connectivity index (χ1) is 11.9. The van der Waals surface area contributed by atoms with E-state index >= 15 is 0 Å². The zero-order chi connectivity index (χ0) is 17.9. The summed E-state index contributed by atoms with van der Waals surface area (Å²) >= 11 is 0.341. The molecule has 0 unspecified atom stereocenters. The molecule has 0 saturated carbocycles. The van der Waals surface area contributed by atoms with E-state index in [0.717, 1.165) is 28.6 Å². The van der Waals surface area contributed by atoms with Crippen molar-refractivity contribution in [3.63, 3.8) is 0 Å². The fourth-order valence-electron chi connectivity index (χ4n) is 2.45. The Balaban J connectivity index is 1.66. The number of halogens is 3. The van der Waals surface area contributed by atoms with Crippen molar-refractivity contribution >= 4 is 19.4 Å². The van der Waals surface area contributed by atoms with Crippen LogP contribution in [0.25, 0.3) is 11.1 Å². The Kier molecular flexibility index (Phi) is 5.31. The molecule has 0 heterocycles. The van der Waals surface area contributed by atoms with Crippen molar-refractivity contribution in [3.05, 3.63) is 89.5 Å². The van der Waals surface area contributed by atoms with E-state index in [0.29, 0.717) is 15.0 Å². The van der Waals surface area contributed by atoms with E-state index in [1.54, 1.807) is 0 Å². The Morgan fingerprint density at radius 3 is 1.76 bits per heavy atom. The van der Waals surface area contributed by atoms with Crippen molar-refractivity contribution in [2.75, 3.05) is 0 Å². The molecular formula is C21H17F3Se. The zero-order valence-corrected chi connectivity index (χ0v) is 15.4. The molecule has 0 aromatic heterocycles. The molecule has 0 spiro atoms. The average molecular weight is 405 g/mol. The molecule has 0 aliphatic heterocycles. The number of rotatable bonds is 4. The standard InChI is InChI=1S/C21H17F3Se/c1-15-2-4-16(5-3-15)14-25-20-12-8-18(9-13-20)17-6-10-19(11-7-17)21(22,23)24/h2-13H,14H2,1H3. The molecule has 3 aromatic rings. The summed E-state index contributed by atoms with van der Waals surface area (Å²) in [4.78, 5) is 0. The van der Waals surface area contributed by atoms with Crippen LogP contribution in [0.5, 0.6) is 0 Å². The average Bonchev–Trinajstić information content (AvgIpc) is 2.61. The molecule has 0 aliphatic carbocycles. The zero-order valence-electron chi connectivity index (χ0n) is 13.7. The minimum absolute atomic E-state index is 0.341. The molecule has 3 aromatic carbocycles. The number of hydrogen-bond donors (Lipinski definition) is 0. The summed E-state index contributed by atoms with van der Waals surface area (Å²) in [7, 11) is 0. The van der Waals surface area contributed by atoms with Crippen LogP contribution in [0, 0.1) is 6.92 Å². The SMILES string of the molecule is Cc1ccc(C[Se]c2ccc(-c3ccc(C(F)(F)F)cc3)cc2)cc1. The Labute approximate surface area is 151 Å². The van der Waals surface area contributed by atoms with Crippen LogP contribution in [0.15, 0.2) is 72.8 Å². The van der Waals surface area contributed by atoms with Gasteiger partial charge in [-0.05, 0) is 0 Å². The van der Waals surface area contributed by atoms with Crippen molar-refractivity contribution in [3.8, 4) is 11.1 Å². The molecule has 0 aliphatic rings. The summed E-state index contributed by atoms with van der Waals surface area (Å²) in [5.41, 5.74) is 3.71. The molecule has 0 bridgehead atoms. The molecule has 0 amide bonds. The molecular weight excluding hydrogens is 388 g/mol. The quantitative estimate of drug-likeness (QED) is 0.523. The monoisotopic (exact) mass is 406 g/mol. The van der Waals surface area contributed by atoms with Gasteiger partial charge in [0.1, 0.15) is 0 Å². The van der Waals surface area contributed by atoms with E-state index in [9.17, 15) is 13.2 Å². The van der Waals surface area contributed by atoms with E-state index < -0.39 is 11.7 Å². The summed E-state index contributed by atoms with van der Waals surface area (Å²) < 4.78 is 39.2. The molecule has 0 fully saturated rings. The van der Waals surface area contributed by atoms with Crippen LogP contribution in [0.2, 0.25) is 0 Å². The van der Waals surface area contributed by atoms with Gasteiger partial charge < -0.3 is 0 Å². The van der Waals surface area contributed by atoms with Crippen molar-refractivity contribution in [2.24, 2.45) is 0 Å². The summed E-state index contributed by atoms with van der Waals surface area (Å²) in [6.07, 6.45) is -4.29. The summed E-state index contributed by atoms with van der Waals surface area (Å²) in [6, 6.07) is 22.0. The Bertz CT molecular complexity index is 817.